The summed E-state index contributed by atoms with van der Waals surface area (Å²) in [4.78, 5) is 32.7. The Morgan fingerprint density at radius 1 is 1.22 bits per heavy atom. The molecule has 0 aliphatic carbocycles. The molecule has 1 aliphatic rings. The number of rotatable bonds is 5. The molecule has 1 saturated heterocycles. The summed E-state index contributed by atoms with van der Waals surface area (Å²) in [5, 5.41) is 2.82. The Bertz CT molecular complexity index is 537. The molecular formula is C17H26N4O2. The first-order valence-electron chi connectivity index (χ1n) is 8.26. The number of likely N-dealkylation sites (tertiary alicyclic amines) is 1. The Labute approximate surface area is 137 Å². The van der Waals surface area contributed by atoms with Gasteiger partial charge in [0, 0.05) is 37.9 Å². The van der Waals surface area contributed by atoms with E-state index in [-0.39, 0.29) is 11.8 Å². The third-order valence-corrected chi connectivity index (χ3v) is 3.98. The summed E-state index contributed by atoms with van der Waals surface area (Å²) in [5.41, 5.74) is 0.837. The van der Waals surface area contributed by atoms with Gasteiger partial charge in [0.2, 0.25) is 0 Å². The van der Waals surface area contributed by atoms with E-state index in [0.717, 1.165) is 32.5 Å². The van der Waals surface area contributed by atoms with E-state index in [1.54, 1.807) is 12.1 Å². The second kappa shape index (κ2) is 8.62. The maximum atomic E-state index is 12.6. The minimum absolute atomic E-state index is 0.00311. The molecule has 0 bridgehead atoms. The lowest BCUT2D eigenvalue weighted by atomic mass is 10.2. The van der Waals surface area contributed by atoms with Crippen molar-refractivity contribution in [2.75, 3.05) is 40.3 Å². The van der Waals surface area contributed by atoms with Crippen LogP contribution in [0.1, 0.15) is 46.5 Å². The summed E-state index contributed by atoms with van der Waals surface area (Å²) < 4.78 is 0. The van der Waals surface area contributed by atoms with Crippen molar-refractivity contribution in [1.29, 1.82) is 0 Å². The standard InChI is InChI=1S/C17H26N4O2/c1-20(2)12-9-19-16(22)15-13-14(7-8-18-15)17(23)21-10-5-3-4-6-11-21/h7-8,13H,3-6,9-12H2,1-2H3,(H,19,22). The first-order chi connectivity index (χ1) is 11.1. The van der Waals surface area contributed by atoms with Crippen LogP contribution in [0.15, 0.2) is 18.3 Å². The van der Waals surface area contributed by atoms with Crippen molar-refractivity contribution in [3.8, 4) is 0 Å². The largest absolute Gasteiger partial charge is 0.349 e. The van der Waals surface area contributed by atoms with E-state index >= 15 is 0 Å². The second-order valence-corrected chi connectivity index (χ2v) is 6.20. The predicted molar refractivity (Wildman–Crippen MR) is 89.5 cm³/mol. The van der Waals surface area contributed by atoms with Crippen molar-refractivity contribution in [2.45, 2.75) is 25.7 Å². The molecule has 0 unspecified atom stereocenters. The Balaban J connectivity index is 2.00. The number of nitrogens with zero attached hydrogens (tertiary/aromatic N) is 3. The van der Waals surface area contributed by atoms with E-state index in [0.29, 0.717) is 17.8 Å². The first-order valence-corrected chi connectivity index (χ1v) is 8.26. The molecule has 0 saturated carbocycles. The number of hydrogen-bond acceptors (Lipinski definition) is 4. The predicted octanol–water partition coefficient (Wildman–Crippen LogP) is 1.39. The molecule has 2 rings (SSSR count). The summed E-state index contributed by atoms with van der Waals surface area (Å²) in [5.74, 6) is -0.242. The van der Waals surface area contributed by atoms with Gasteiger partial charge in [-0.3, -0.25) is 14.6 Å². The summed E-state index contributed by atoms with van der Waals surface area (Å²) in [7, 11) is 3.90. The van der Waals surface area contributed by atoms with Crippen molar-refractivity contribution in [2.24, 2.45) is 0 Å². The maximum Gasteiger partial charge on any atom is 0.269 e. The molecule has 2 amide bonds. The number of carbonyl (C=O) groups is 2. The Morgan fingerprint density at radius 3 is 2.57 bits per heavy atom. The van der Waals surface area contributed by atoms with Crippen LogP contribution in [0.4, 0.5) is 0 Å². The Kier molecular flexibility index (Phi) is 6.52. The van der Waals surface area contributed by atoms with Crippen LogP contribution in [-0.4, -0.2) is 66.9 Å². The quantitative estimate of drug-likeness (QED) is 0.891. The average molecular weight is 318 g/mol. The molecule has 23 heavy (non-hydrogen) atoms. The summed E-state index contributed by atoms with van der Waals surface area (Å²) in [6.07, 6.45) is 5.99. The van der Waals surface area contributed by atoms with Gasteiger partial charge in [-0.15, -0.1) is 0 Å². The van der Waals surface area contributed by atoms with Crippen molar-refractivity contribution >= 4 is 11.8 Å². The smallest absolute Gasteiger partial charge is 0.269 e. The third kappa shape index (κ3) is 5.32. The fourth-order valence-corrected chi connectivity index (χ4v) is 2.63. The lowest BCUT2D eigenvalue weighted by Gasteiger charge is -2.20. The Morgan fingerprint density at radius 2 is 1.91 bits per heavy atom. The number of likely N-dealkylation sites (N-methyl/N-ethyl adjacent to an activating group) is 1. The molecule has 0 radical (unpaired) electrons. The molecule has 6 nitrogen and oxygen atoms in total. The monoisotopic (exact) mass is 318 g/mol. The lowest BCUT2D eigenvalue weighted by Crippen LogP contribution is -2.33. The van der Waals surface area contributed by atoms with Gasteiger partial charge in [0.1, 0.15) is 5.69 Å². The van der Waals surface area contributed by atoms with Crippen LogP contribution in [-0.2, 0) is 0 Å². The fourth-order valence-electron chi connectivity index (χ4n) is 2.63. The average Bonchev–Trinajstić information content (AvgIpc) is 2.83. The highest BCUT2D eigenvalue weighted by Gasteiger charge is 2.18. The van der Waals surface area contributed by atoms with Crippen LogP contribution in [0.3, 0.4) is 0 Å². The van der Waals surface area contributed by atoms with Gasteiger partial charge in [0.05, 0.1) is 0 Å². The van der Waals surface area contributed by atoms with E-state index in [1.807, 2.05) is 23.9 Å². The van der Waals surface area contributed by atoms with Gasteiger partial charge in [-0.1, -0.05) is 12.8 Å². The molecule has 0 atom stereocenters. The second-order valence-electron chi connectivity index (χ2n) is 6.20. The van der Waals surface area contributed by atoms with E-state index < -0.39 is 0 Å². The van der Waals surface area contributed by atoms with Crippen molar-refractivity contribution in [3.63, 3.8) is 0 Å². The van der Waals surface area contributed by atoms with Crippen molar-refractivity contribution in [1.82, 2.24) is 20.1 Å². The van der Waals surface area contributed by atoms with Crippen LogP contribution < -0.4 is 5.32 Å². The molecule has 6 heteroatoms. The lowest BCUT2D eigenvalue weighted by molar-refractivity contribution is 0.0761. The van der Waals surface area contributed by atoms with Gasteiger partial charge in [-0.2, -0.15) is 0 Å². The molecule has 1 fully saturated rings. The van der Waals surface area contributed by atoms with E-state index in [4.69, 9.17) is 0 Å². The summed E-state index contributed by atoms with van der Waals surface area (Å²) in [6, 6.07) is 3.28. The van der Waals surface area contributed by atoms with Crippen LogP contribution in [0.2, 0.25) is 0 Å². The topological polar surface area (TPSA) is 65.5 Å². The zero-order valence-corrected chi connectivity index (χ0v) is 14.0. The van der Waals surface area contributed by atoms with Crippen molar-refractivity contribution < 1.29 is 9.59 Å². The first kappa shape index (κ1) is 17.4. The molecule has 1 aliphatic heterocycles. The molecule has 126 valence electrons. The summed E-state index contributed by atoms with van der Waals surface area (Å²) >= 11 is 0. The zero-order valence-electron chi connectivity index (χ0n) is 14.0. The number of nitrogens with one attached hydrogen (secondary N) is 1. The molecule has 1 N–H and O–H groups in total. The molecular weight excluding hydrogens is 292 g/mol. The molecule has 1 aromatic rings. The normalized spacial score (nSPS) is 15.3. The van der Waals surface area contributed by atoms with E-state index in [9.17, 15) is 9.59 Å². The number of amides is 2. The van der Waals surface area contributed by atoms with Gasteiger partial charge in [0.25, 0.3) is 11.8 Å². The molecule has 0 aromatic carbocycles. The fraction of sp³-hybridized carbons (Fsp3) is 0.588. The molecule has 2 heterocycles. The highest BCUT2D eigenvalue weighted by molar-refractivity contribution is 5.98. The van der Waals surface area contributed by atoms with Crippen LogP contribution in [0.5, 0.6) is 0 Å². The highest BCUT2D eigenvalue weighted by atomic mass is 16.2. The molecule has 0 spiro atoms. The highest BCUT2D eigenvalue weighted by Crippen LogP contribution is 2.13. The SMILES string of the molecule is CN(C)CCNC(=O)c1cc(C(=O)N2CCCCCC2)ccn1. The summed E-state index contributed by atoms with van der Waals surface area (Å²) in [6.45, 7) is 2.91. The minimum atomic E-state index is -0.239. The number of pyridine rings is 1. The maximum absolute atomic E-state index is 12.6. The van der Waals surface area contributed by atoms with Crippen LogP contribution in [0.25, 0.3) is 0 Å². The van der Waals surface area contributed by atoms with E-state index in [2.05, 4.69) is 10.3 Å². The van der Waals surface area contributed by atoms with Gasteiger partial charge >= 0.3 is 0 Å². The van der Waals surface area contributed by atoms with Gasteiger partial charge in [-0.25, -0.2) is 0 Å². The Hall–Kier alpha value is -1.95. The van der Waals surface area contributed by atoms with Crippen LogP contribution >= 0.6 is 0 Å². The molecule has 1 aromatic heterocycles. The van der Waals surface area contributed by atoms with Gasteiger partial charge < -0.3 is 15.1 Å². The van der Waals surface area contributed by atoms with Gasteiger partial charge in [0.15, 0.2) is 0 Å². The number of hydrogen-bond donors (Lipinski definition) is 1. The minimum Gasteiger partial charge on any atom is -0.349 e. The van der Waals surface area contributed by atoms with Crippen LogP contribution in [0, 0.1) is 0 Å². The van der Waals surface area contributed by atoms with E-state index in [1.165, 1.54) is 19.0 Å². The van der Waals surface area contributed by atoms with Gasteiger partial charge in [-0.05, 0) is 39.1 Å². The number of aromatic nitrogens is 1. The third-order valence-electron chi connectivity index (χ3n) is 3.98. The number of carbonyl (C=O) groups excluding carboxylic acids is 2. The zero-order chi connectivity index (χ0) is 16.7. The van der Waals surface area contributed by atoms with Crippen molar-refractivity contribution in [3.05, 3.63) is 29.6 Å².